The van der Waals surface area contributed by atoms with Crippen molar-refractivity contribution in [1.82, 2.24) is 4.90 Å². The highest BCUT2D eigenvalue weighted by atomic mass is 16.5. The lowest BCUT2D eigenvalue weighted by molar-refractivity contribution is -0.140. The Morgan fingerprint density at radius 3 is 2.78 bits per heavy atom. The van der Waals surface area contributed by atoms with E-state index in [1.165, 1.54) is 7.11 Å². The summed E-state index contributed by atoms with van der Waals surface area (Å²) in [6, 6.07) is 0.0209. The minimum Gasteiger partial charge on any atom is -0.469 e. The highest BCUT2D eigenvalue weighted by Crippen LogP contribution is 2.19. The molecule has 18 heavy (non-hydrogen) atoms. The van der Waals surface area contributed by atoms with E-state index in [9.17, 15) is 9.59 Å². The largest absolute Gasteiger partial charge is 0.469 e. The SMILES string of the molecule is COC(=O)CCCCCCN1C(=O)CCC1CO. The second kappa shape index (κ2) is 8.08. The number of methoxy groups -OCH3 is 1. The number of carbonyl (C=O) groups is 2. The van der Waals surface area contributed by atoms with Crippen LogP contribution in [0.1, 0.15) is 44.9 Å². The van der Waals surface area contributed by atoms with E-state index in [0.717, 1.165) is 38.6 Å². The van der Waals surface area contributed by atoms with Crippen LogP contribution in [0.5, 0.6) is 0 Å². The Labute approximate surface area is 108 Å². The summed E-state index contributed by atoms with van der Waals surface area (Å²) in [6.45, 7) is 0.788. The molecule has 1 aliphatic heterocycles. The number of hydrogen-bond acceptors (Lipinski definition) is 4. The number of esters is 1. The lowest BCUT2D eigenvalue weighted by Gasteiger charge is -2.22. The van der Waals surface area contributed by atoms with Crippen LogP contribution in [0.4, 0.5) is 0 Å². The Morgan fingerprint density at radius 2 is 2.11 bits per heavy atom. The van der Waals surface area contributed by atoms with Crippen molar-refractivity contribution >= 4 is 11.9 Å². The number of ether oxygens (including phenoxy) is 1. The van der Waals surface area contributed by atoms with Crippen molar-refractivity contribution in [3.8, 4) is 0 Å². The highest BCUT2D eigenvalue weighted by molar-refractivity contribution is 5.78. The maximum absolute atomic E-state index is 11.5. The van der Waals surface area contributed by atoms with Crippen molar-refractivity contribution in [3.05, 3.63) is 0 Å². The van der Waals surface area contributed by atoms with Crippen LogP contribution in [0.25, 0.3) is 0 Å². The molecule has 0 aromatic carbocycles. The molecule has 0 radical (unpaired) electrons. The molecule has 0 aliphatic carbocycles. The molecule has 1 saturated heterocycles. The summed E-state index contributed by atoms with van der Waals surface area (Å²) in [5, 5.41) is 9.14. The van der Waals surface area contributed by atoms with Crippen LogP contribution in [0, 0.1) is 0 Å². The molecule has 1 rings (SSSR count). The van der Waals surface area contributed by atoms with E-state index < -0.39 is 0 Å². The predicted octanol–water partition coefficient (Wildman–Crippen LogP) is 1.09. The molecule has 0 aromatic heterocycles. The Kier molecular flexibility index (Phi) is 6.72. The van der Waals surface area contributed by atoms with Crippen molar-refractivity contribution in [2.75, 3.05) is 20.3 Å². The summed E-state index contributed by atoms with van der Waals surface area (Å²) >= 11 is 0. The van der Waals surface area contributed by atoms with E-state index in [1.54, 1.807) is 4.90 Å². The van der Waals surface area contributed by atoms with Gasteiger partial charge < -0.3 is 14.7 Å². The molecule has 1 fully saturated rings. The van der Waals surface area contributed by atoms with Crippen molar-refractivity contribution in [3.63, 3.8) is 0 Å². The third-order valence-electron chi connectivity index (χ3n) is 3.42. The monoisotopic (exact) mass is 257 g/mol. The van der Waals surface area contributed by atoms with Gasteiger partial charge in [-0.1, -0.05) is 12.8 Å². The Hall–Kier alpha value is -1.10. The fraction of sp³-hybridized carbons (Fsp3) is 0.846. The molecule has 1 N–H and O–H groups in total. The number of hydrogen-bond donors (Lipinski definition) is 1. The molecule has 0 bridgehead atoms. The Morgan fingerprint density at radius 1 is 1.39 bits per heavy atom. The summed E-state index contributed by atoms with van der Waals surface area (Å²) in [6.07, 6.45) is 5.55. The van der Waals surface area contributed by atoms with E-state index in [4.69, 9.17) is 5.11 Å². The quantitative estimate of drug-likeness (QED) is 0.522. The molecule has 1 unspecified atom stereocenters. The average Bonchev–Trinajstić information content (AvgIpc) is 2.74. The van der Waals surface area contributed by atoms with Crippen molar-refractivity contribution in [2.45, 2.75) is 51.0 Å². The summed E-state index contributed by atoms with van der Waals surface area (Å²) in [7, 11) is 1.40. The van der Waals surface area contributed by atoms with Crippen LogP contribution >= 0.6 is 0 Å². The van der Waals surface area contributed by atoms with Crippen LogP contribution < -0.4 is 0 Å². The summed E-state index contributed by atoms with van der Waals surface area (Å²) < 4.78 is 4.56. The second-order valence-electron chi connectivity index (χ2n) is 4.70. The van der Waals surface area contributed by atoms with Gasteiger partial charge in [-0.05, 0) is 19.3 Å². The van der Waals surface area contributed by atoms with Gasteiger partial charge >= 0.3 is 5.97 Å². The summed E-state index contributed by atoms with van der Waals surface area (Å²) in [5.41, 5.74) is 0. The first-order valence-electron chi connectivity index (χ1n) is 6.66. The number of nitrogens with zero attached hydrogens (tertiary/aromatic N) is 1. The summed E-state index contributed by atoms with van der Waals surface area (Å²) in [5.74, 6) is -0.00586. The fourth-order valence-corrected chi connectivity index (χ4v) is 2.30. The van der Waals surface area contributed by atoms with Gasteiger partial charge in [0.1, 0.15) is 0 Å². The van der Waals surface area contributed by atoms with Gasteiger partial charge in [-0.25, -0.2) is 0 Å². The zero-order valence-electron chi connectivity index (χ0n) is 11.1. The number of rotatable bonds is 8. The molecule has 1 aliphatic rings. The van der Waals surface area contributed by atoms with Gasteiger partial charge in [-0.2, -0.15) is 0 Å². The maximum atomic E-state index is 11.5. The highest BCUT2D eigenvalue weighted by Gasteiger charge is 2.29. The standard InChI is InChI=1S/C13H23NO4/c1-18-13(17)6-4-2-3-5-9-14-11(10-15)7-8-12(14)16/h11,15H,2-10H2,1H3. The van der Waals surface area contributed by atoms with E-state index in [-0.39, 0.29) is 24.5 Å². The van der Waals surface area contributed by atoms with Gasteiger partial charge in [0.15, 0.2) is 0 Å². The minimum absolute atomic E-state index is 0.0209. The predicted molar refractivity (Wildman–Crippen MR) is 66.9 cm³/mol. The molecule has 0 spiro atoms. The van der Waals surface area contributed by atoms with Crippen LogP contribution in [0.15, 0.2) is 0 Å². The number of aliphatic hydroxyl groups is 1. The molecule has 0 aromatic rings. The van der Waals surface area contributed by atoms with Crippen molar-refractivity contribution in [2.24, 2.45) is 0 Å². The average molecular weight is 257 g/mol. The van der Waals surface area contributed by atoms with Gasteiger partial charge in [0, 0.05) is 19.4 Å². The van der Waals surface area contributed by atoms with E-state index in [0.29, 0.717) is 12.8 Å². The third-order valence-corrected chi connectivity index (χ3v) is 3.42. The Bertz CT molecular complexity index is 280. The fourth-order valence-electron chi connectivity index (χ4n) is 2.30. The molecular weight excluding hydrogens is 234 g/mol. The van der Waals surface area contributed by atoms with Crippen LogP contribution in [0.2, 0.25) is 0 Å². The van der Waals surface area contributed by atoms with E-state index in [2.05, 4.69) is 4.74 Å². The number of amides is 1. The van der Waals surface area contributed by atoms with Gasteiger partial charge in [0.2, 0.25) is 5.91 Å². The molecule has 0 saturated carbocycles. The van der Waals surface area contributed by atoms with Crippen LogP contribution in [0.3, 0.4) is 0 Å². The van der Waals surface area contributed by atoms with E-state index in [1.807, 2.05) is 0 Å². The Balaban J connectivity index is 2.07. The van der Waals surface area contributed by atoms with E-state index >= 15 is 0 Å². The first kappa shape index (κ1) is 15.0. The lowest BCUT2D eigenvalue weighted by atomic mass is 10.1. The van der Waals surface area contributed by atoms with Gasteiger partial charge in [-0.15, -0.1) is 0 Å². The molecule has 5 heteroatoms. The normalized spacial score (nSPS) is 19.3. The first-order valence-corrected chi connectivity index (χ1v) is 6.66. The molecule has 1 amide bonds. The smallest absolute Gasteiger partial charge is 0.305 e. The second-order valence-corrected chi connectivity index (χ2v) is 4.70. The molecule has 5 nitrogen and oxygen atoms in total. The number of aliphatic hydroxyl groups excluding tert-OH is 1. The van der Waals surface area contributed by atoms with Crippen LogP contribution in [-0.2, 0) is 14.3 Å². The maximum Gasteiger partial charge on any atom is 0.305 e. The zero-order valence-corrected chi connectivity index (χ0v) is 11.1. The minimum atomic E-state index is -0.162. The van der Waals surface area contributed by atoms with Crippen molar-refractivity contribution < 1.29 is 19.4 Å². The van der Waals surface area contributed by atoms with Gasteiger partial charge in [-0.3, -0.25) is 9.59 Å². The topological polar surface area (TPSA) is 66.8 Å². The van der Waals surface area contributed by atoms with Gasteiger partial charge in [0.05, 0.1) is 19.8 Å². The number of likely N-dealkylation sites (tertiary alicyclic amines) is 1. The van der Waals surface area contributed by atoms with Crippen LogP contribution in [-0.4, -0.2) is 48.2 Å². The molecule has 1 heterocycles. The van der Waals surface area contributed by atoms with Gasteiger partial charge in [0.25, 0.3) is 0 Å². The summed E-state index contributed by atoms with van der Waals surface area (Å²) in [4.78, 5) is 24.2. The molecular formula is C13H23NO4. The first-order chi connectivity index (χ1) is 8.69. The molecule has 1 atom stereocenters. The lowest BCUT2D eigenvalue weighted by Crippen LogP contribution is -2.36. The number of unbranched alkanes of at least 4 members (excludes halogenated alkanes) is 3. The van der Waals surface area contributed by atoms with Crippen molar-refractivity contribution in [1.29, 1.82) is 0 Å². The third kappa shape index (κ3) is 4.64. The zero-order chi connectivity index (χ0) is 13.4. The number of carbonyl (C=O) groups excluding carboxylic acids is 2. The molecule has 104 valence electrons.